The van der Waals surface area contributed by atoms with Crippen molar-refractivity contribution in [3.63, 3.8) is 0 Å². The summed E-state index contributed by atoms with van der Waals surface area (Å²) < 4.78 is 38.9. The van der Waals surface area contributed by atoms with Crippen LogP contribution in [0.4, 0.5) is 24.9 Å². The summed E-state index contributed by atoms with van der Waals surface area (Å²) in [7, 11) is 0. The third-order valence-electron chi connectivity index (χ3n) is 3.95. The van der Waals surface area contributed by atoms with E-state index in [-0.39, 0.29) is 18.4 Å². The normalized spacial score (nSPS) is 16.2. The van der Waals surface area contributed by atoms with Gasteiger partial charge in [-0.15, -0.1) is 0 Å². The molecule has 1 fully saturated rings. The van der Waals surface area contributed by atoms with Gasteiger partial charge < -0.3 is 21.1 Å². The highest BCUT2D eigenvalue weighted by molar-refractivity contribution is 5.43. The molecule has 1 aliphatic rings. The Hall–Kier alpha value is -1.61. The summed E-state index contributed by atoms with van der Waals surface area (Å²) in [4.78, 5) is 7.57. The molecule has 1 aromatic rings. The van der Waals surface area contributed by atoms with Crippen molar-refractivity contribution < 1.29 is 18.3 Å². The second kappa shape index (κ2) is 9.03. The Kier molecular flexibility index (Phi) is 7.04. The molecule has 24 heavy (non-hydrogen) atoms. The zero-order valence-electron chi connectivity index (χ0n) is 13.5. The first-order chi connectivity index (χ1) is 11.5. The topological polar surface area (TPSA) is 82.1 Å². The van der Waals surface area contributed by atoms with Crippen LogP contribution in [-0.2, 0) is 6.18 Å². The maximum Gasteiger partial charge on any atom is 0.433 e. The van der Waals surface area contributed by atoms with Crippen LogP contribution in [0.3, 0.4) is 0 Å². The van der Waals surface area contributed by atoms with Crippen LogP contribution in [0.2, 0.25) is 0 Å². The lowest BCUT2D eigenvalue weighted by atomic mass is 9.95. The number of halogens is 3. The average Bonchev–Trinajstić information content (AvgIpc) is 2.55. The molecule has 0 aliphatic carbocycles. The third kappa shape index (κ3) is 6.12. The molecule has 0 radical (unpaired) electrons. The number of alkyl halides is 3. The summed E-state index contributed by atoms with van der Waals surface area (Å²) in [5.74, 6) is 0.672. The van der Waals surface area contributed by atoms with E-state index in [4.69, 9.17) is 5.11 Å². The molecule has 1 aliphatic heterocycles. The van der Waals surface area contributed by atoms with Crippen molar-refractivity contribution in [2.45, 2.75) is 31.9 Å². The molecule has 0 amide bonds. The molecule has 0 aromatic carbocycles. The van der Waals surface area contributed by atoms with Crippen LogP contribution < -0.4 is 16.0 Å². The Morgan fingerprint density at radius 3 is 2.58 bits per heavy atom. The summed E-state index contributed by atoms with van der Waals surface area (Å²) in [5.41, 5.74) is -0.978. The minimum atomic E-state index is -4.53. The molecule has 136 valence electrons. The summed E-state index contributed by atoms with van der Waals surface area (Å²) in [6.45, 7) is 2.83. The Labute approximate surface area is 139 Å². The summed E-state index contributed by atoms with van der Waals surface area (Å²) in [5, 5.41) is 17.7. The van der Waals surface area contributed by atoms with E-state index in [0.717, 1.165) is 38.4 Å². The average molecular weight is 347 g/mol. The van der Waals surface area contributed by atoms with Gasteiger partial charge in [0, 0.05) is 25.8 Å². The molecule has 4 N–H and O–H groups in total. The maximum atomic E-state index is 13.0. The largest absolute Gasteiger partial charge is 0.433 e. The summed E-state index contributed by atoms with van der Waals surface area (Å²) in [6, 6.07) is 0.930. The SMILES string of the molecule is OCCCNc1nc(NCCC2CCNCC2)cc(C(F)(F)F)n1. The van der Waals surface area contributed by atoms with E-state index in [1.54, 1.807) is 0 Å². The lowest BCUT2D eigenvalue weighted by Crippen LogP contribution is -2.28. The molecular weight excluding hydrogens is 323 g/mol. The molecular formula is C15H24F3N5O. The predicted octanol–water partition coefficient (Wildman–Crippen LogP) is 2.09. The molecule has 2 heterocycles. The minimum Gasteiger partial charge on any atom is -0.396 e. The number of piperidine rings is 1. The molecule has 0 unspecified atom stereocenters. The molecule has 1 aromatic heterocycles. The second-order valence-electron chi connectivity index (χ2n) is 5.87. The number of hydrogen-bond donors (Lipinski definition) is 4. The number of anilines is 2. The van der Waals surface area contributed by atoms with E-state index in [1.165, 1.54) is 0 Å². The zero-order chi connectivity index (χ0) is 17.4. The predicted molar refractivity (Wildman–Crippen MR) is 85.9 cm³/mol. The Morgan fingerprint density at radius 1 is 1.17 bits per heavy atom. The molecule has 0 saturated carbocycles. The minimum absolute atomic E-state index is 0.0483. The summed E-state index contributed by atoms with van der Waals surface area (Å²) in [6.07, 6.45) is -1.03. The zero-order valence-corrected chi connectivity index (χ0v) is 13.5. The Balaban J connectivity index is 1.96. The van der Waals surface area contributed by atoms with Crippen molar-refractivity contribution >= 4 is 11.8 Å². The number of hydrogen-bond acceptors (Lipinski definition) is 6. The van der Waals surface area contributed by atoms with Crippen LogP contribution >= 0.6 is 0 Å². The van der Waals surface area contributed by atoms with E-state index >= 15 is 0 Å². The van der Waals surface area contributed by atoms with Gasteiger partial charge in [-0.2, -0.15) is 18.2 Å². The number of aromatic nitrogens is 2. The van der Waals surface area contributed by atoms with Crippen molar-refractivity contribution in [3.8, 4) is 0 Å². The highest BCUT2D eigenvalue weighted by Crippen LogP contribution is 2.29. The summed E-state index contributed by atoms with van der Waals surface area (Å²) >= 11 is 0. The fourth-order valence-electron chi connectivity index (χ4n) is 2.62. The quantitative estimate of drug-likeness (QED) is 0.539. The van der Waals surface area contributed by atoms with Crippen LogP contribution in [0.15, 0.2) is 6.07 Å². The van der Waals surface area contributed by atoms with Gasteiger partial charge in [0.05, 0.1) is 0 Å². The lowest BCUT2D eigenvalue weighted by Gasteiger charge is -2.22. The Bertz CT molecular complexity index is 506. The van der Waals surface area contributed by atoms with E-state index in [9.17, 15) is 13.2 Å². The maximum absolute atomic E-state index is 13.0. The first-order valence-corrected chi connectivity index (χ1v) is 8.24. The number of aliphatic hydroxyl groups excluding tert-OH is 1. The molecule has 0 spiro atoms. The van der Waals surface area contributed by atoms with Crippen LogP contribution in [0.1, 0.15) is 31.4 Å². The van der Waals surface area contributed by atoms with Gasteiger partial charge in [-0.3, -0.25) is 0 Å². The van der Waals surface area contributed by atoms with Gasteiger partial charge in [-0.05, 0) is 44.7 Å². The molecule has 9 heteroatoms. The van der Waals surface area contributed by atoms with E-state index in [0.29, 0.717) is 25.4 Å². The van der Waals surface area contributed by atoms with Gasteiger partial charge in [0.25, 0.3) is 0 Å². The standard InChI is InChI=1S/C15H24F3N5O/c16-15(17,18)12-10-13(23-14(22-12)21-5-1-9-24)20-8-4-11-2-6-19-7-3-11/h10-11,19,24H,1-9H2,(H2,20,21,22,23). The van der Waals surface area contributed by atoms with Gasteiger partial charge in [-0.1, -0.05) is 0 Å². The first-order valence-electron chi connectivity index (χ1n) is 8.24. The monoisotopic (exact) mass is 347 g/mol. The lowest BCUT2D eigenvalue weighted by molar-refractivity contribution is -0.141. The number of aliphatic hydroxyl groups is 1. The van der Waals surface area contributed by atoms with Crippen molar-refractivity contribution in [2.24, 2.45) is 5.92 Å². The van der Waals surface area contributed by atoms with Crippen molar-refractivity contribution in [1.82, 2.24) is 15.3 Å². The van der Waals surface area contributed by atoms with Gasteiger partial charge in [-0.25, -0.2) is 4.98 Å². The van der Waals surface area contributed by atoms with Gasteiger partial charge in [0.15, 0.2) is 5.69 Å². The van der Waals surface area contributed by atoms with Gasteiger partial charge in [0.1, 0.15) is 5.82 Å². The van der Waals surface area contributed by atoms with Crippen molar-refractivity contribution in [3.05, 3.63) is 11.8 Å². The fourth-order valence-corrected chi connectivity index (χ4v) is 2.62. The van der Waals surface area contributed by atoms with Crippen LogP contribution in [0.25, 0.3) is 0 Å². The fraction of sp³-hybridized carbons (Fsp3) is 0.733. The van der Waals surface area contributed by atoms with Crippen LogP contribution in [-0.4, -0.2) is 47.9 Å². The molecule has 0 bridgehead atoms. The smallest absolute Gasteiger partial charge is 0.396 e. The van der Waals surface area contributed by atoms with Gasteiger partial charge in [0.2, 0.25) is 5.95 Å². The number of rotatable bonds is 8. The molecule has 6 nitrogen and oxygen atoms in total. The molecule has 1 saturated heterocycles. The second-order valence-corrected chi connectivity index (χ2v) is 5.87. The number of nitrogens with zero attached hydrogens (tertiary/aromatic N) is 2. The molecule has 2 rings (SSSR count). The van der Waals surface area contributed by atoms with E-state index in [1.807, 2.05) is 0 Å². The van der Waals surface area contributed by atoms with Crippen molar-refractivity contribution in [2.75, 3.05) is 43.4 Å². The highest BCUT2D eigenvalue weighted by Gasteiger charge is 2.33. The van der Waals surface area contributed by atoms with Crippen LogP contribution in [0.5, 0.6) is 0 Å². The molecule has 0 atom stereocenters. The first kappa shape index (κ1) is 18.7. The highest BCUT2D eigenvalue weighted by atomic mass is 19.4. The number of nitrogens with one attached hydrogen (secondary N) is 3. The van der Waals surface area contributed by atoms with Crippen LogP contribution in [0, 0.1) is 5.92 Å². The van der Waals surface area contributed by atoms with Gasteiger partial charge >= 0.3 is 6.18 Å². The third-order valence-corrected chi connectivity index (χ3v) is 3.95. The van der Waals surface area contributed by atoms with Crippen molar-refractivity contribution in [1.29, 1.82) is 0 Å². The Morgan fingerprint density at radius 2 is 1.92 bits per heavy atom. The van der Waals surface area contributed by atoms with E-state index in [2.05, 4.69) is 25.9 Å². The van der Waals surface area contributed by atoms with E-state index < -0.39 is 11.9 Å².